The van der Waals surface area contributed by atoms with Crippen molar-refractivity contribution >= 4 is 39.9 Å². The average Bonchev–Trinajstić information content (AvgIpc) is 2.70. The zero-order valence-electron chi connectivity index (χ0n) is 17.6. The number of carbonyl (C=O) groups excluding carboxylic acids is 2. The van der Waals surface area contributed by atoms with Gasteiger partial charge in [0.1, 0.15) is 12.4 Å². The van der Waals surface area contributed by atoms with Gasteiger partial charge in [0.2, 0.25) is 5.91 Å². The van der Waals surface area contributed by atoms with Gasteiger partial charge in [-0.1, -0.05) is 36.5 Å². The molecule has 162 valence electrons. The second-order valence-electron chi connectivity index (χ2n) is 7.76. The number of hydrogen-bond acceptors (Lipinski definition) is 5. The number of ether oxygens (including phenoxy) is 1. The lowest BCUT2D eigenvalue weighted by Gasteiger charge is -2.21. The fraction of sp³-hybridized carbons (Fsp3) is 0.458. The van der Waals surface area contributed by atoms with Crippen LogP contribution in [-0.4, -0.2) is 34.9 Å². The van der Waals surface area contributed by atoms with Gasteiger partial charge < -0.3 is 15.6 Å². The number of hydrogen-bond donors (Lipinski definition) is 2. The summed E-state index contributed by atoms with van der Waals surface area (Å²) in [4.78, 5) is 24.7. The molecule has 0 saturated heterocycles. The second-order valence-corrected chi connectivity index (χ2v) is 8.28. The third-order valence-corrected chi connectivity index (χ3v) is 5.84. The average molecular weight is 430 g/mol. The Morgan fingerprint density at radius 1 is 1.33 bits per heavy atom. The van der Waals surface area contributed by atoms with Gasteiger partial charge in [0.15, 0.2) is 5.78 Å². The monoisotopic (exact) mass is 429 g/mol. The molecular formula is C24H31NO4S. The molecule has 0 spiro atoms. The van der Waals surface area contributed by atoms with Gasteiger partial charge in [-0.15, -0.1) is 0 Å². The highest BCUT2D eigenvalue weighted by atomic mass is 32.1. The van der Waals surface area contributed by atoms with Crippen molar-refractivity contribution in [1.29, 1.82) is 0 Å². The van der Waals surface area contributed by atoms with Crippen molar-refractivity contribution in [3.63, 3.8) is 0 Å². The zero-order valence-corrected chi connectivity index (χ0v) is 18.4. The number of primary amides is 1. The Morgan fingerprint density at radius 3 is 2.77 bits per heavy atom. The summed E-state index contributed by atoms with van der Waals surface area (Å²) in [5.41, 5.74) is 8.91. The Balaban J connectivity index is 2.38. The van der Waals surface area contributed by atoms with E-state index in [1.54, 1.807) is 6.08 Å². The molecule has 0 radical (unpaired) electrons. The van der Waals surface area contributed by atoms with E-state index in [1.807, 2.05) is 25.1 Å². The first-order chi connectivity index (χ1) is 14.3. The Hall–Kier alpha value is -2.31. The van der Waals surface area contributed by atoms with Crippen molar-refractivity contribution in [3.05, 3.63) is 42.0 Å². The number of aliphatic hydroxyl groups is 1. The van der Waals surface area contributed by atoms with E-state index in [0.717, 1.165) is 33.6 Å². The number of amides is 1. The lowest BCUT2D eigenvalue weighted by Crippen LogP contribution is -2.18. The molecule has 6 heteroatoms. The van der Waals surface area contributed by atoms with E-state index in [4.69, 9.17) is 22.7 Å². The molecule has 2 rings (SSSR count). The number of benzene rings is 1. The van der Waals surface area contributed by atoms with Crippen LogP contribution < -0.4 is 10.5 Å². The van der Waals surface area contributed by atoms with Gasteiger partial charge in [-0.25, -0.2) is 0 Å². The Morgan fingerprint density at radius 2 is 2.10 bits per heavy atom. The van der Waals surface area contributed by atoms with Gasteiger partial charge in [-0.3, -0.25) is 9.59 Å². The highest BCUT2D eigenvalue weighted by molar-refractivity contribution is 7.80. The van der Waals surface area contributed by atoms with E-state index in [1.165, 1.54) is 0 Å². The maximum atomic E-state index is 12.5. The van der Waals surface area contributed by atoms with Crippen LogP contribution in [0.4, 0.5) is 0 Å². The van der Waals surface area contributed by atoms with Gasteiger partial charge >= 0.3 is 0 Å². The minimum absolute atomic E-state index is 0.0699. The van der Waals surface area contributed by atoms with Crippen LogP contribution in [0.25, 0.3) is 11.1 Å². The van der Waals surface area contributed by atoms with Crippen LogP contribution in [-0.2, 0) is 9.59 Å². The molecule has 1 unspecified atom stereocenters. The molecule has 0 bridgehead atoms. The molecule has 1 aromatic rings. The van der Waals surface area contributed by atoms with Gasteiger partial charge in [0.05, 0.1) is 6.61 Å². The van der Waals surface area contributed by atoms with E-state index in [-0.39, 0.29) is 30.8 Å². The van der Waals surface area contributed by atoms with E-state index < -0.39 is 0 Å². The van der Waals surface area contributed by atoms with Crippen molar-refractivity contribution in [2.75, 3.05) is 13.2 Å². The Bertz CT molecular complexity index is 844. The van der Waals surface area contributed by atoms with Gasteiger partial charge in [-0.05, 0) is 73.1 Å². The summed E-state index contributed by atoms with van der Waals surface area (Å²) in [6.07, 6.45) is 5.88. The minimum Gasteiger partial charge on any atom is -0.491 e. The molecule has 1 aromatic carbocycles. The SMILES string of the molecule is C=C(C)c1ccc(C2=CC(=O)CCCC(=S)C(CCC(N)=O)CC2)c(OCCO)c1. The molecule has 1 aliphatic carbocycles. The highest BCUT2D eigenvalue weighted by Crippen LogP contribution is 2.34. The van der Waals surface area contributed by atoms with Crippen LogP contribution in [0.2, 0.25) is 0 Å². The van der Waals surface area contributed by atoms with Crippen LogP contribution in [0.3, 0.4) is 0 Å². The predicted octanol–water partition coefficient (Wildman–Crippen LogP) is 4.26. The van der Waals surface area contributed by atoms with E-state index in [9.17, 15) is 14.7 Å². The number of thiocarbonyl (C=S) groups is 1. The number of ketones is 1. The summed E-state index contributed by atoms with van der Waals surface area (Å²) in [5, 5.41) is 9.20. The molecule has 0 fully saturated rings. The van der Waals surface area contributed by atoms with Crippen LogP contribution in [0.1, 0.15) is 63.0 Å². The summed E-state index contributed by atoms with van der Waals surface area (Å²) < 4.78 is 5.79. The fourth-order valence-electron chi connectivity index (χ4n) is 3.63. The summed E-state index contributed by atoms with van der Waals surface area (Å²) in [6.45, 7) is 5.96. The van der Waals surface area contributed by atoms with Crippen molar-refractivity contribution < 1.29 is 19.4 Å². The molecular weight excluding hydrogens is 398 g/mol. The van der Waals surface area contributed by atoms with E-state index >= 15 is 0 Å². The third-order valence-electron chi connectivity index (χ3n) is 5.31. The summed E-state index contributed by atoms with van der Waals surface area (Å²) in [6, 6.07) is 5.80. The molecule has 3 N–H and O–H groups in total. The van der Waals surface area contributed by atoms with Crippen LogP contribution in [0.5, 0.6) is 5.75 Å². The summed E-state index contributed by atoms with van der Waals surface area (Å²) in [5.74, 6) is 0.480. The van der Waals surface area contributed by atoms with Crippen molar-refractivity contribution in [3.8, 4) is 5.75 Å². The Labute approximate surface area is 184 Å². The number of rotatable bonds is 8. The highest BCUT2D eigenvalue weighted by Gasteiger charge is 2.20. The van der Waals surface area contributed by atoms with Gasteiger partial charge in [-0.2, -0.15) is 0 Å². The van der Waals surface area contributed by atoms with Crippen LogP contribution in [0.15, 0.2) is 30.9 Å². The second kappa shape index (κ2) is 11.8. The van der Waals surface area contributed by atoms with Crippen molar-refractivity contribution in [2.45, 2.75) is 51.9 Å². The topological polar surface area (TPSA) is 89.6 Å². The lowest BCUT2D eigenvalue weighted by atomic mass is 9.86. The van der Waals surface area contributed by atoms with E-state index in [0.29, 0.717) is 44.3 Å². The maximum Gasteiger partial charge on any atom is 0.217 e. The first-order valence-electron chi connectivity index (χ1n) is 10.4. The standard InChI is InChI=1S/C24H31NO4S/c1-16(2)18-8-10-21(22(15-18)29-13-12-26)19-7-6-17(9-11-24(25)28)23(30)5-3-4-20(27)14-19/h8,10,14-15,17,26H,1,3-7,9,11-13H2,2H3,(H2,25,28). The smallest absolute Gasteiger partial charge is 0.217 e. The predicted molar refractivity (Wildman–Crippen MR) is 124 cm³/mol. The van der Waals surface area contributed by atoms with Crippen molar-refractivity contribution in [2.24, 2.45) is 11.7 Å². The molecule has 5 nitrogen and oxygen atoms in total. The first kappa shape index (κ1) is 24.0. The van der Waals surface area contributed by atoms with Gasteiger partial charge in [0.25, 0.3) is 0 Å². The van der Waals surface area contributed by atoms with Crippen molar-refractivity contribution in [1.82, 2.24) is 0 Å². The first-order valence-corrected chi connectivity index (χ1v) is 10.8. The normalized spacial score (nSPS) is 17.9. The number of carbonyl (C=O) groups is 2. The molecule has 0 aromatic heterocycles. The zero-order chi connectivity index (χ0) is 22.1. The maximum absolute atomic E-state index is 12.5. The van der Waals surface area contributed by atoms with Crippen LogP contribution in [0, 0.1) is 5.92 Å². The Kier molecular flexibility index (Phi) is 9.40. The van der Waals surface area contributed by atoms with E-state index in [2.05, 4.69) is 6.58 Å². The molecule has 0 heterocycles. The molecule has 0 aliphatic heterocycles. The minimum atomic E-state index is -0.323. The molecule has 0 saturated carbocycles. The number of nitrogens with two attached hydrogens (primary N) is 1. The molecule has 1 aliphatic rings. The molecule has 1 amide bonds. The number of aliphatic hydroxyl groups excluding tert-OH is 1. The summed E-state index contributed by atoms with van der Waals surface area (Å²) in [7, 11) is 0. The molecule has 1 atom stereocenters. The quantitative estimate of drug-likeness (QED) is 0.603. The lowest BCUT2D eigenvalue weighted by molar-refractivity contribution is -0.118. The fourth-order valence-corrected chi connectivity index (χ4v) is 4.01. The van der Waals surface area contributed by atoms with Gasteiger partial charge in [0, 0.05) is 18.4 Å². The molecule has 30 heavy (non-hydrogen) atoms. The third kappa shape index (κ3) is 7.18. The number of allylic oxidation sites excluding steroid dienone is 3. The van der Waals surface area contributed by atoms with Crippen LogP contribution >= 0.6 is 12.2 Å². The largest absolute Gasteiger partial charge is 0.491 e. The summed E-state index contributed by atoms with van der Waals surface area (Å²) >= 11 is 5.61.